The second kappa shape index (κ2) is 10.0. The van der Waals surface area contributed by atoms with Crippen LogP contribution >= 0.6 is 0 Å². The van der Waals surface area contributed by atoms with E-state index in [2.05, 4.69) is 37.6 Å². The third kappa shape index (κ3) is 5.87. The topological polar surface area (TPSA) is 129 Å². The molecule has 0 saturated carbocycles. The van der Waals surface area contributed by atoms with Crippen molar-refractivity contribution >= 4 is 17.7 Å². The summed E-state index contributed by atoms with van der Waals surface area (Å²) in [5.74, 6) is 2.14. The molecular formula is C25H29N7O3. The molecule has 2 aromatic heterocycles. The first-order valence-corrected chi connectivity index (χ1v) is 11.5. The first-order chi connectivity index (χ1) is 16.8. The van der Waals surface area contributed by atoms with Gasteiger partial charge < -0.3 is 19.7 Å². The van der Waals surface area contributed by atoms with E-state index in [9.17, 15) is 4.79 Å². The van der Waals surface area contributed by atoms with E-state index in [1.165, 1.54) is 18.0 Å². The standard InChI is InChI=1S/C25H29N7O3/c1-25(2,3)35-24(33)32-9-7-16(8-10-32)17-5-6-19(21(11-17)34-4)20-12-22(31-30-20)29-23-15-27-18(13-26)14-28-23/h5-6,11-12,14-16H,7-10H2,1-4H3,(H2,28,29,30,31). The molecule has 3 aromatic rings. The van der Waals surface area contributed by atoms with Crippen molar-refractivity contribution < 1.29 is 14.3 Å². The van der Waals surface area contributed by atoms with Gasteiger partial charge in [0.15, 0.2) is 11.5 Å². The minimum atomic E-state index is -0.491. The average molecular weight is 476 g/mol. The number of benzene rings is 1. The smallest absolute Gasteiger partial charge is 0.410 e. The number of hydrogen-bond donors (Lipinski definition) is 2. The minimum Gasteiger partial charge on any atom is -0.496 e. The number of nitrogens with one attached hydrogen (secondary N) is 2. The summed E-state index contributed by atoms with van der Waals surface area (Å²) in [7, 11) is 1.65. The molecule has 10 heteroatoms. The van der Waals surface area contributed by atoms with Gasteiger partial charge in [-0.3, -0.25) is 5.10 Å². The highest BCUT2D eigenvalue weighted by Crippen LogP contribution is 2.36. The van der Waals surface area contributed by atoms with E-state index in [4.69, 9.17) is 14.7 Å². The van der Waals surface area contributed by atoms with Crippen molar-refractivity contribution in [2.24, 2.45) is 0 Å². The van der Waals surface area contributed by atoms with Crippen molar-refractivity contribution in [3.63, 3.8) is 0 Å². The van der Waals surface area contributed by atoms with Crippen LogP contribution in [0.1, 0.15) is 50.8 Å². The molecule has 35 heavy (non-hydrogen) atoms. The van der Waals surface area contributed by atoms with Gasteiger partial charge in [0.25, 0.3) is 0 Å². The van der Waals surface area contributed by atoms with Crippen LogP contribution in [0.15, 0.2) is 36.7 Å². The lowest BCUT2D eigenvalue weighted by Gasteiger charge is -2.33. The van der Waals surface area contributed by atoms with Crippen molar-refractivity contribution in [1.82, 2.24) is 25.1 Å². The molecule has 10 nitrogen and oxygen atoms in total. The fourth-order valence-corrected chi connectivity index (χ4v) is 4.01. The van der Waals surface area contributed by atoms with Crippen LogP contribution in [-0.2, 0) is 4.74 Å². The number of methoxy groups -OCH3 is 1. The largest absolute Gasteiger partial charge is 0.496 e. The van der Waals surface area contributed by atoms with Crippen molar-refractivity contribution in [3.8, 4) is 23.1 Å². The normalized spacial score (nSPS) is 14.3. The van der Waals surface area contributed by atoms with Crippen LogP contribution in [-0.4, -0.2) is 57.0 Å². The number of piperidine rings is 1. The third-order valence-corrected chi connectivity index (χ3v) is 5.73. The Labute approximate surface area is 204 Å². The van der Waals surface area contributed by atoms with Gasteiger partial charge >= 0.3 is 6.09 Å². The number of ether oxygens (including phenoxy) is 2. The third-order valence-electron chi connectivity index (χ3n) is 5.73. The second-order valence-corrected chi connectivity index (χ2v) is 9.39. The van der Waals surface area contributed by atoms with Gasteiger partial charge in [-0.15, -0.1) is 0 Å². The van der Waals surface area contributed by atoms with Crippen molar-refractivity contribution in [3.05, 3.63) is 47.9 Å². The Kier molecular flexibility index (Phi) is 6.87. The second-order valence-electron chi connectivity index (χ2n) is 9.39. The first-order valence-electron chi connectivity index (χ1n) is 11.5. The molecule has 182 valence electrons. The van der Waals surface area contributed by atoms with E-state index in [0.29, 0.717) is 30.6 Å². The van der Waals surface area contributed by atoms with Crippen LogP contribution in [0, 0.1) is 11.3 Å². The predicted molar refractivity (Wildman–Crippen MR) is 130 cm³/mol. The van der Waals surface area contributed by atoms with Gasteiger partial charge in [0.2, 0.25) is 0 Å². The van der Waals surface area contributed by atoms with Crippen LogP contribution in [0.25, 0.3) is 11.3 Å². The summed E-state index contributed by atoms with van der Waals surface area (Å²) in [6.45, 7) is 6.97. The quantitative estimate of drug-likeness (QED) is 0.547. The zero-order valence-corrected chi connectivity index (χ0v) is 20.3. The fourth-order valence-electron chi connectivity index (χ4n) is 4.01. The number of aromatic nitrogens is 4. The summed E-state index contributed by atoms with van der Waals surface area (Å²) in [4.78, 5) is 22.3. The molecule has 4 rings (SSSR count). The van der Waals surface area contributed by atoms with Crippen LogP contribution < -0.4 is 10.1 Å². The Morgan fingerprint density at radius 3 is 2.57 bits per heavy atom. The van der Waals surface area contributed by atoms with E-state index >= 15 is 0 Å². The zero-order chi connectivity index (χ0) is 25.0. The Balaban J connectivity index is 1.43. The summed E-state index contributed by atoms with van der Waals surface area (Å²) < 4.78 is 11.2. The molecule has 1 aliphatic heterocycles. The van der Waals surface area contributed by atoms with E-state index in [1.807, 2.05) is 39.0 Å². The van der Waals surface area contributed by atoms with E-state index in [0.717, 1.165) is 29.8 Å². The number of aromatic amines is 1. The summed E-state index contributed by atoms with van der Waals surface area (Å²) >= 11 is 0. The molecule has 0 radical (unpaired) electrons. The van der Waals surface area contributed by atoms with Gasteiger partial charge in [-0.2, -0.15) is 10.4 Å². The molecule has 1 aliphatic rings. The molecule has 0 atom stereocenters. The summed E-state index contributed by atoms with van der Waals surface area (Å²) in [5.41, 5.74) is 2.61. The number of nitrogens with zero attached hydrogens (tertiary/aromatic N) is 5. The molecule has 0 unspecified atom stereocenters. The Morgan fingerprint density at radius 2 is 1.94 bits per heavy atom. The number of nitriles is 1. The number of amides is 1. The zero-order valence-electron chi connectivity index (χ0n) is 20.3. The van der Waals surface area contributed by atoms with Gasteiger partial charge in [-0.25, -0.2) is 14.8 Å². The molecule has 1 fully saturated rings. The lowest BCUT2D eigenvalue weighted by atomic mass is 9.88. The summed E-state index contributed by atoms with van der Waals surface area (Å²) in [5, 5.41) is 19.2. The molecule has 0 aliphatic carbocycles. The van der Waals surface area contributed by atoms with Gasteiger partial charge in [-0.05, 0) is 57.2 Å². The Hall–Kier alpha value is -4.13. The maximum Gasteiger partial charge on any atom is 0.410 e. The molecule has 1 aromatic carbocycles. The van der Waals surface area contributed by atoms with Gasteiger partial charge in [0.1, 0.15) is 23.2 Å². The molecule has 3 heterocycles. The Bertz CT molecular complexity index is 1220. The van der Waals surface area contributed by atoms with E-state index in [1.54, 1.807) is 12.0 Å². The van der Waals surface area contributed by atoms with E-state index < -0.39 is 5.60 Å². The average Bonchev–Trinajstić information content (AvgIpc) is 3.31. The maximum absolute atomic E-state index is 12.4. The maximum atomic E-state index is 12.4. The number of likely N-dealkylation sites (tertiary alicyclic amines) is 1. The molecule has 2 N–H and O–H groups in total. The highest BCUT2D eigenvalue weighted by Gasteiger charge is 2.28. The fraction of sp³-hybridized carbons (Fsp3) is 0.400. The van der Waals surface area contributed by atoms with Gasteiger partial charge in [0, 0.05) is 24.7 Å². The van der Waals surface area contributed by atoms with Gasteiger partial charge in [0.05, 0.1) is 25.2 Å². The van der Waals surface area contributed by atoms with Crippen LogP contribution in [0.2, 0.25) is 0 Å². The van der Waals surface area contributed by atoms with Crippen molar-refractivity contribution in [2.45, 2.75) is 45.1 Å². The Morgan fingerprint density at radius 1 is 1.17 bits per heavy atom. The lowest BCUT2D eigenvalue weighted by molar-refractivity contribution is 0.0205. The predicted octanol–water partition coefficient (Wildman–Crippen LogP) is 4.61. The first kappa shape index (κ1) is 24.0. The summed E-state index contributed by atoms with van der Waals surface area (Å²) in [6, 6.07) is 9.98. The minimum absolute atomic E-state index is 0.249. The molecule has 0 bridgehead atoms. The molecule has 1 amide bonds. The van der Waals surface area contributed by atoms with E-state index in [-0.39, 0.29) is 11.8 Å². The van der Waals surface area contributed by atoms with Crippen LogP contribution in [0.3, 0.4) is 0 Å². The SMILES string of the molecule is COc1cc(C2CCN(C(=O)OC(C)(C)C)CC2)ccc1-c1cc(Nc2cnc(C#N)cn2)n[nH]1. The number of carbonyl (C=O) groups excluding carboxylic acids is 1. The highest BCUT2D eigenvalue weighted by molar-refractivity contribution is 5.71. The molecule has 0 spiro atoms. The van der Waals surface area contributed by atoms with Gasteiger partial charge in [-0.1, -0.05) is 6.07 Å². The number of anilines is 2. The number of rotatable bonds is 5. The number of H-pyrrole nitrogens is 1. The number of hydrogen-bond acceptors (Lipinski definition) is 8. The lowest BCUT2D eigenvalue weighted by Crippen LogP contribution is -2.41. The summed E-state index contributed by atoms with van der Waals surface area (Å²) in [6.07, 6.45) is 4.36. The highest BCUT2D eigenvalue weighted by atomic mass is 16.6. The number of carbonyl (C=O) groups is 1. The van der Waals surface area contributed by atoms with Crippen LogP contribution in [0.5, 0.6) is 5.75 Å². The van der Waals surface area contributed by atoms with Crippen molar-refractivity contribution in [2.75, 3.05) is 25.5 Å². The molecular weight excluding hydrogens is 446 g/mol. The van der Waals surface area contributed by atoms with Crippen molar-refractivity contribution in [1.29, 1.82) is 5.26 Å². The molecule has 1 saturated heterocycles. The monoisotopic (exact) mass is 475 g/mol. The van der Waals surface area contributed by atoms with Crippen LogP contribution in [0.4, 0.5) is 16.4 Å².